The number of nitrogens with zero attached hydrogens (tertiary/aromatic N) is 1. The molecule has 88 valence electrons. The minimum Gasteiger partial charge on any atom is -0.314 e. The summed E-state index contributed by atoms with van der Waals surface area (Å²) in [7, 11) is 0. The smallest absolute Gasteiger partial charge is 0.0187 e. The molecule has 0 aliphatic carbocycles. The SMILES string of the molecule is C=C(C)CN1CCC(NCC(C)C)CC1. The predicted octanol–water partition coefficient (Wildman–Crippen LogP) is 2.27. The quantitative estimate of drug-likeness (QED) is 0.700. The summed E-state index contributed by atoms with van der Waals surface area (Å²) in [6, 6.07) is 0.744. The Morgan fingerprint density at radius 3 is 2.47 bits per heavy atom. The van der Waals surface area contributed by atoms with Crippen LogP contribution in [0.3, 0.4) is 0 Å². The summed E-state index contributed by atoms with van der Waals surface area (Å²) in [6.07, 6.45) is 2.58. The first kappa shape index (κ1) is 12.7. The number of piperidine rings is 1. The van der Waals surface area contributed by atoms with Crippen molar-refractivity contribution in [2.45, 2.75) is 39.7 Å². The fourth-order valence-corrected chi connectivity index (χ4v) is 2.08. The average molecular weight is 210 g/mol. The van der Waals surface area contributed by atoms with E-state index in [1.54, 1.807) is 0 Å². The van der Waals surface area contributed by atoms with Crippen molar-refractivity contribution in [2.75, 3.05) is 26.2 Å². The second-order valence-electron chi connectivity index (χ2n) is 5.31. The maximum Gasteiger partial charge on any atom is 0.0187 e. The molecule has 0 radical (unpaired) electrons. The largest absolute Gasteiger partial charge is 0.314 e. The summed E-state index contributed by atoms with van der Waals surface area (Å²) < 4.78 is 0. The van der Waals surface area contributed by atoms with Crippen LogP contribution in [0.2, 0.25) is 0 Å². The van der Waals surface area contributed by atoms with E-state index in [1.807, 2.05) is 0 Å². The first-order valence-electron chi connectivity index (χ1n) is 6.18. The molecule has 15 heavy (non-hydrogen) atoms. The predicted molar refractivity (Wildman–Crippen MR) is 67.1 cm³/mol. The highest BCUT2D eigenvalue weighted by molar-refractivity contribution is 4.93. The lowest BCUT2D eigenvalue weighted by Crippen LogP contribution is -2.43. The lowest BCUT2D eigenvalue weighted by atomic mass is 10.0. The zero-order valence-corrected chi connectivity index (χ0v) is 10.6. The van der Waals surface area contributed by atoms with Crippen LogP contribution in [0.1, 0.15) is 33.6 Å². The molecule has 0 aromatic heterocycles. The van der Waals surface area contributed by atoms with Gasteiger partial charge in [0, 0.05) is 12.6 Å². The van der Waals surface area contributed by atoms with Crippen molar-refractivity contribution in [1.82, 2.24) is 10.2 Å². The van der Waals surface area contributed by atoms with Crippen LogP contribution in [0.25, 0.3) is 0 Å². The van der Waals surface area contributed by atoms with Crippen LogP contribution in [0.15, 0.2) is 12.2 Å². The van der Waals surface area contributed by atoms with Crippen molar-refractivity contribution in [1.29, 1.82) is 0 Å². The number of likely N-dealkylation sites (tertiary alicyclic amines) is 1. The molecule has 0 spiro atoms. The topological polar surface area (TPSA) is 15.3 Å². The summed E-state index contributed by atoms with van der Waals surface area (Å²) in [4.78, 5) is 2.51. The summed E-state index contributed by atoms with van der Waals surface area (Å²) in [5.41, 5.74) is 1.28. The fraction of sp³-hybridized carbons (Fsp3) is 0.846. The van der Waals surface area contributed by atoms with Gasteiger partial charge >= 0.3 is 0 Å². The second-order valence-corrected chi connectivity index (χ2v) is 5.31. The summed E-state index contributed by atoms with van der Waals surface area (Å²) in [5.74, 6) is 0.762. The number of hydrogen-bond donors (Lipinski definition) is 1. The molecule has 2 heteroatoms. The molecule has 0 unspecified atom stereocenters. The standard InChI is InChI=1S/C13H26N2/c1-11(2)9-14-13-5-7-15(8-6-13)10-12(3)4/h11,13-14H,3,5-10H2,1-2,4H3. The van der Waals surface area contributed by atoms with E-state index in [1.165, 1.54) is 31.5 Å². The van der Waals surface area contributed by atoms with Crippen LogP contribution < -0.4 is 5.32 Å². The molecule has 0 saturated carbocycles. The van der Waals surface area contributed by atoms with Gasteiger partial charge in [0.1, 0.15) is 0 Å². The molecule has 0 aromatic rings. The maximum absolute atomic E-state index is 3.97. The molecule has 1 N–H and O–H groups in total. The van der Waals surface area contributed by atoms with E-state index >= 15 is 0 Å². The third-order valence-corrected chi connectivity index (χ3v) is 2.90. The highest BCUT2D eigenvalue weighted by Crippen LogP contribution is 2.11. The molecule has 0 amide bonds. The van der Waals surface area contributed by atoms with Gasteiger partial charge in [-0.25, -0.2) is 0 Å². The highest BCUT2D eigenvalue weighted by Gasteiger charge is 2.18. The fourth-order valence-electron chi connectivity index (χ4n) is 2.08. The van der Waals surface area contributed by atoms with E-state index < -0.39 is 0 Å². The van der Waals surface area contributed by atoms with Crippen molar-refractivity contribution >= 4 is 0 Å². The maximum atomic E-state index is 3.97. The van der Waals surface area contributed by atoms with Crippen LogP contribution in [-0.2, 0) is 0 Å². The molecule has 0 aromatic carbocycles. The van der Waals surface area contributed by atoms with Crippen LogP contribution >= 0.6 is 0 Å². The first-order chi connectivity index (χ1) is 7.08. The van der Waals surface area contributed by atoms with E-state index in [2.05, 4.69) is 37.6 Å². The molecule has 1 heterocycles. The zero-order valence-electron chi connectivity index (χ0n) is 10.6. The lowest BCUT2D eigenvalue weighted by molar-refractivity contribution is 0.209. The van der Waals surface area contributed by atoms with Gasteiger partial charge in [0.2, 0.25) is 0 Å². The Bertz CT molecular complexity index is 191. The van der Waals surface area contributed by atoms with Crippen LogP contribution in [0, 0.1) is 5.92 Å². The Labute approximate surface area is 94.7 Å². The first-order valence-corrected chi connectivity index (χ1v) is 6.18. The molecule has 1 fully saturated rings. The minimum absolute atomic E-state index is 0.744. The minimum atomic E-state index is 0.744. The van der Waals surface area contributed by atoms with Crippen molar-refractivity contribution in [3.8, 4) is 0 Å². The third kappa shape index (κ3) is 5.33. The molecule has 1 aliphatic heterocycles. The second kappa shape index (κ2) is 6.29. The molecule has 2 nitrogen and oxygen atoms in total. The number of nitrogens with one attached hydrogen (secondary N) is 1. The van der Waals surface area contributed by atoms with Gasteiger partial charge in [0.05, 0.1) is 0 Å². The van der Waals surface area contributed by atoms with Crippen LogP contribution in [-0.4, -0.2) is 37.1 Å². The molecular weight excluding hydrogens is 184 g/mol. The molecule has 1 aliphatic rings. The van der Waals surface area contributed by atoms with Crippen LogP contribution in [0.4, 0.5) is 0 Å². The lowest BCUT2D eigenvalue weighted by Gasteiger charge is -2.32. The zero-order chi connectivity index (χ0) is 11.3. The number of hydrogen-bond acceptors (Lipinski definition) is 2. The Hall–Kier alpha value is -0.340. The van der Waals surface area contributed by atoms with Crippen molar-refractivity contribution in [2.24, 2.45) is 5.92 Å². The van der Waals surface area contributed by atoms with Gasteiger partial charge in [0.25, 0.3) is 0 Å². The molecule has 1 rings (SSSR count). The highest BCUT2D eigenvalue weighted by atomic mass is 15.1. The average Bonchev–Trinajstić information content (AvgIpc) is 2.16. The molecular formula is C13H26N2. The Morgan fingerprint density at radius 2 is 2.00 bits per heavy atom. The Morgan fingerprint density at radius 1 is 1.40 bits per heavy atom. The van der Waals surface area contributed by atoms with Gasteiger partial charge in [-0.3, -0.25) is 4.90 Å². The Balaban J connectivity index is 2.15. The summed E-state index contributed by atoms with van der Waals surface area (Å²) in [5, 5.41) is 3.65. The van der Waals surface area contributed by atoms with Crippen molar-refractivity contribution in [3.63, 3.8) is 0 Å². The normalized spacial score (nSPS) is 19.7. The van der Waals surface area contributed by atoms with Gasteiger partial charge in [-0.1, -0.05) is 26.0 Å². The van der Waals surface area contributed by atoms with E-state index in [4.69, 9.17) is 0 Å². The van der Waals surface area contributed by atoms with E-state index in [0.717, 1.165) is 25.0 Å². The molecule has 0 bridgehead atoms. The van der Waals surface area contributed by atoms with Gasteiger partial charge < -0.3 is 5.32 Å². The van der Waals surface area contributed by atoms with Gasteiger partial charge in [-0.15, -0.1) is 0 Å². The van der Waals surface area contributed by atoms with Crippen LogP contribution in [0.5, 0.6) is 0 Å². The van der Waals surface area contributed by atoms with Crippen molar-refractivity contribution in [3.05, 3.63) is 12.2 Å². The molecule has 0 atom stereocenters. The van der Waals surface area contributed by atoms with Gasteiger partial charge in [0.15, 0.2) is 0 Å². The third-order valence-electron chi connectivity index (χ3n) is 2.90. The van der Waals surface area contributed by atoms with E-state index in [-0.39, 0.29) is 0 Å². The van der Waals surface area contributed by atoms with Gasteiger partial charge in [-0.2, -0.15) is 0 Å². The monoisotopic (exact) mass is 210 g/mol. The Kier molecular flexibility index (Phi) is 5.34. The van der Waals surface area contributed by atoms with Crippen molar-refractivity contribution < 1.29 is 0 Å². The van der Waals surface area contributed by atoms with Gasteiger partial charge in [-0.05, 0) is 45.3 Å². The number of rotatable bonds is 5. The molecule has 1 saturated heterocycles. The summed E-state index contributed by atoms with van der Waals surface area (Å²) in [6.45, 7) is 15.3. The van der Waals surface area contributed by atoms with E-state index in [0.29, 0.717) is 0 Å². The summed E-state index contributed by atoms with van der Waals surface area (Å²) >= 11 is 0. The van der Waals surface area contributed by atoms with E-state index in [9.17, 15) is 0 Å².